The van der Waals surface area contributed by atoms with Crippen molar-refractivity contribution in [2.75, 3.05) is 6.61 Å². The molecule has 0 unspecified atom stereocenters. The summed E-state index contributed by atoms with van der Waals surface area (Å²) in [6.45, 7) is 2.41. The molecule has 0 N–H and O–H groups in total. The summed E-state index contributed by atoms with van der Waals surface area (Å²) in [5.41, 5.74) is 3.09. The van der Waals surface area contributed by atoms with E-state index in [1.54, 1.807) is 6.20 Å². The van der Waals surface area contributed by atoms with Gasteiger partial charge in [-0.1, -0.05) is 48.2 Å². The lowest BCUT2D eigenvalue weighted by Crippen LogP contribution is -1.95. The highest BCUT2D eigenvalue weighted by Gasteiger charge is 2.01. The van der Waals surface area contributed by atoms with E-state index in [0.717, 1.165) is 22.2 Å². The Kier molecular flexibility index (Phi) is 3.84. The molecule has 21 heavy (non-hydrogen) atoms. The molecule has 2 aromatic carbocycles. The maximum Gasteiger partial charge on any atom is 0.149 e. The minimum atomic E-state index is 0.351. The minimum absolute atomic E-state index is 0.351. The lowest BCUT2D eigenvalue weighted by atomic mass is 10.1. The van der Waals surface area contributed by atoms with Crippen LogP contribution in [0.2, 0.25) is 0 Å². The molecule has 0 amide bonds. The molecule has 0 fully saturated rings. The number of pyridine rings is 1. The van der Waals surface area contributed by atoms with Gasteiger partial charge < -0.3 is 4.74 Å². The summed E-state index contributed by atoms with van der Waals surface area (Å²) in [7, 11) is 0. The highest BCUT2D eigenvalue weighted by atomic mass is 16.5. The van der Waals surface area contributed by atoms with Crippen LogP contribution in [0.1, 0.15) is 11.1 Å². The third kappa shape index (κ3) is 3.04. The minimum Gasteiger partial charge on any atom is -0.479 e. The third-order valence-corrected chi connectivity index (χ3v) is 3.26. The number of benzene rings is 2. The summed E-state index contributed by atoms with van der Waals surface area (Å²) in [6.07, 6.45) is 1.77. The van der Waals surface area contributed by atoms with E-state index in [4.69, 9.17) is 4.74 Å². The Morgan fingerprint density at radius 2 is 1.86 bits per heavy atom. The number of para-hydroxylation sites is 1. The van der Waals surface area contributed by atoms with Crippen molar-refractivity contribution >= 4 is 10.9 Å². The predicted octanol–water partition coefficient (Wildman–Crippen LogP) is 3.97. The van der Waals surface area contributed by atoms with Gasteiger partial charge in [0.05, 0.1) is 0 Å². The number of ether oxygens (including phenoxy) is 1. The number of fused-ring (bicyclic) bond motifs is 1. The summed E-state index contributed by atoms with van der Waals surface area (Å²) in [5, 5.41) is 1.07. The summed E-state index contributed by atoms with van der Waals surface area (Å²) < 4.78 is 5.74. The first-order chi connectivity index (χ1) is 10.3. The van der Waals surface area contributed by atoms with E-state index in [0.29, 0.717) is 6.61 Å². The van der Waals surface area contributed by atoms with Gasteiger partial charge in [0.25, 0.3) is 0 Å². The van der Waals surface area contributed by atoms with E-state index in [1.807, 2.05) is 48.5 Å². The lowest BCUT2D eigenvalue weighted by Gasteiger charge is -2.05. The second kappa shape index (κ2) is 6.11. The number of hydrogen-bond acceptors (Lipinski definition) is 2. The van der Waals surface area contributed by atoms with Crippen molar-refractivity contribution in [2.24, 2.45) is 0 Å². The molecule has 3 aromatic rings. The number of rotatable bonds is 2. The van der Waals surface area contributed by atoms with E-state index in [2.05, 4.69) is 29.8 Å². The Morgan fingerprint density at radius 1 is 1.00 bits per heavy atom. The van der Waals surface area contributed by atoms with Gasteiger partial charge in [0.1, 0.15) is 17.9 Å². The SMILES string of the molecule is Cc1ccccc1C#CCOc1cccc2cccnc12. The molecular weight excluding hydrogens is 258 g/mol. The summed E-state index contributed by atoms with van der Waals surface area (Å²) >= 11 is 0. The van der Waals surface area contributed by atoms with Gasteiger partial charge in [-0.25, -0.2) is 0 Å². The number of hydrogen-bond donors (Lipinski definition) is 0. The molecule has 1 aromatic heterocycles. The van der Waals surface area contributed by atoms with Crippen molar-refractivity contribution in [3.05, 3.63) is 71.9 Å². The molecular formula is C19H15NO. The molecule has 0 spiro atoms. The molecule has 102 valence electrons. The fraction of sp³-hybridized carbons (Fsp3) is 0.105. The quantitative estimate of drug-likeness (QED) is 0.659. The van der Waals surface area contributed by atoms with Crippen LogP contribution in [-0.4, -0.2) is 11.6 Å². The third-order valence-electron chi connectivity index (χ3n) is 3.26. The van der Waals surface area contributed by atoms with Crippen LogP contribution in [0.4, 0.5) is 0 Å². The molecule has 0 aliphatic rings. The molecule has 0 atom stereocenters. The highest BCUT2D eigenvalue weighted by Crippen LogP contribution is 2.22. The first-order valence-electron chi connectivity index (χ1n) is 6.85. The van der Waals surface area contributed by atoms with Crippen molar-refractivity contribution < 1.29 is 4.74 Å². The molecule has 2 nitrogen and oxygen atoms in total. The van der Waals surface area contributed by atoms with E-state index >= 15 is 0 Å². The van der Waals surface area contributed by atoms with Gasteiger partial charge in [-0.3, -0.25) is 4.98 Å². The molecule has 2 heteroatoms. The van der Waals surface area contributed by atoms with Crippen molar-refractivity contribution in [3.63, 3.8) is 0 Å². The highest BCUT2D eigenvalue weighted by molar-refractivity contribution is 5.84. The number of nitrogens with zero attached hydrogens (tertiary/aromatic N) is 1. The van der Waals surface area contributed by atoms with Crippen LogP contribution in [0, 0.1) is 18.8 Å². The topological polar surface area (TPSA) is 22.1 Å². The van der Waals surface area contributed by atoms with E-state index in [1.165, 1.54) is 5.56 Å². The first kappa shape index (κ1) is 13.2. The van der Waals surface area contributed by atoms with Crippen molar-refractivity contribution in [1.82, 2.24) is 4.98 Å². The van der Waals surface area contributed by atoms with Crippen LogP contribution >= 0.6 is 0 Å². The first-order valence-corrected chi connectivity index (χ1v) is 6.85. The maximum absolute atomic E-state index is 5.74. The Morgan fingerprint density at radius 3 is 2.76 bits per heavy atom. The zero-order valence-corrected chi connectivity index (χ0v) is 11.8. The van der Waals surface area contributed by atoms with Crippen LogP contribution < -0.4 is 4.74 Å². The molecule has 0 saturated heterocycles. The largest absolute Gasteiger partial charge is 0.479 e. The lowest BCUT2D eigenvalue weighted by molar-refractivity contribution is 0.374. The van der Waals surface area contributed by atoms with Crippen molar-refractivity contribution in [3.8, 4) is 17.6 Å². The van der Waals surface area contributed by atoms with Gasteiger partial charge in [-0.05, 0) is 30.7 Å². The van der Waals surface area contributed by atoms with Gasteiger partial charge >= 0.3 is 0 Å². The van der Waals surface area contributed by atoms with E-state index in [-0.39, 0.29) is 0 Å². The van der Waals surface area contributed by atoms with Gasteiger partial charge in [0.15, 0.2) is 0 Å². The number of aromatic nitrogens is 1. The van der Waals surface area contributed by atoms with Crippen LogP contribution in [0.15, 0.2) is 60.8 Å². The predicted molar refractivity (Wildman–Crippen MR) is 85.3 cm³/mol. The smallest absolute Gasteiger partial charge is 0.149 e. The fourth-order valence-corrected chi connectivity index (χ4v) is 2.15. The zero-order valence-electron chi connectivity index (χ0n) is 11.8. The van der Waals surface area contributed by atoms with Gasteiger partial charge in [-0.2, -0.15) is 0 Å². The molecule has 3 rings (SSSR count). The monoisotopic (exact) mass is 273 g/mol. The van der Waals surface area contributed by atoms with Crippen LogP contribution in [-0.2, 0) is 0 Å². The number of aryl methyl sites for hydroxylation is 1. The van der Waals surface area contributed by atoms with Crippen LogP contribution in [0.5, 0.6) is 5.75 Å². The Hall–Kier alpha value is -2.79. The Labute approximate surface area is 124 Å². The van der Waals surface area contributed by atoms with Crippen molar-refractivity contribution in [1.29, 1.82) is 0 Å². The molecule has 0 bridgehead atoms. The van der Waals surface area contributed by atoms with Crippen molar-refractivity contribution in [2.45, 2.75) is 6.92 Å². The average molecular weight is 273 g/mol. The summed E-state index contributed by atoms with van der Waals surface area (Å²) in [4.78, 5) is 4.36. The molecule has 0 aliphatic heterocycles. The average Bonchev–Trinajstić information content (AvgIpc) is 2.53. The van der Waals surface area contributed by atoms with Gasteiger partial charge in [0, 0.05) is 17.1 Å². The summed E-state index contributed by atoms with van der Waals surface area (Å²) in [6, 6.07) is 17.9. The van der Waals surface area contributed by atoms with Crippen LogP contribution in [0.25, 0.3) is 10.9 Å². The normalized spacial score (nSPS) is 9.95. The van der Waals surface area contributed by atoms with Gasteiger partial charge in [-0.15, -0.1) is 0 Å². The van der Waals surface area contributed by atoms with E-state index < -0.39 is 0 Å². The van der Waals surface area contributed by atoms with E-state index in [9.17, 15) is 0 Å². The maximum atomic E-state index is 5.74. The van der Waals surface area contributed by atoms with Gasteiger partial charge in [0.2, 0.25) is 0 Å². The molecule has 0 radical (unpaired) electrons. The van der Waals surface area contributed by atoms with Crippen LogP contribution in [0.3, 0.4) is 0 Å². The fourth-order valence-electron chi connectivity index (χ4n) is 2.15. The second-order valence-corrected chi connectivity index (χ2v) is 4.74. The molecule has 1 heterocycles. The Balaban J connectivity index is 1.75. The molecule has 0 saturated carbocycles. The zero-order chi connectivity index (χ0) is 14.5. The standard InChI is InChI=1S/C19H15NO/c1-15-7-2-3-8-16(15)11-6-14-21-18-12-4-9-17-10-5-13-20-19(17)18/h2-5,7-10,12-13H,14H2,1H3. The Bertz CT molecular complexity index is 822. The molecule has 0 aliphatic carbocycles. The summed E-state index contributed by atoms with van der Waals surface area (Å²) in [5.74, 6) is 6.96. The second-order valence-electron chi connectivity index (χ2n) is 4.74.